The smallest absolute Gasteiger partial charge is 0.170 e. The minimum Gasteiger partial charge on any atom is -0.508 e. The molecule has 0 unspecified atom stereocenters. The van der Waals surface area contributed by atoms with Crippen molar-refractivity contribution < 1.29 is 20.1 Å². The quantitative estimate of drug-likeness (QED) is 0.160. The van der Waals surface area contributed by atoms with E-state index in [1.807, 2.05) is 54.6 Å². The highest BCUT2D eigenvalue weighted by Gasteiger charge is 2.18. The number of allylic oxidation sites excluding steroid dienone is 4. The molecule has 4 aromatic carbocycles. The summed E-state index contributed by atoms with van der Waals surface area (Å²) < 4.78 is 6.45. The van der Waals surface area contributed by atoms with Gasteiger partial charge in [0.2, 0.25) is 0 Å². The monoisotopic (exact) mass is 530 g/mol. The molecule has 3 N–H and O–H groups in total. The molecule has 4 aromatic rings. The lowest BCUT2D eigenvalue weighted by atomic mass is 9.96. The van der Waals surface area contributed by atoms with Gasteiger partial charge in [-0.25, -0.2) is 0 Å². The standard InChI is InChI=1S/C36H34O4/c1-5-9-24-13-18-34(30(19-24)26-14-16-32(37)28(22-26)11-7-3)40-35-21-25(10-6-2)20-31(36(35)39)27-15-17-33(38)29(23-27)12-8-4/h5-8,13-23,37-39H,1-4,9-12H2. The van der Waals surface area contributed by atoms with Gasteiger partial charge in [0.15, 0.2) is 11.5 Å². The maximum absolute atomic E-state index is 11.4. The normalized spacial score (nSPS) is 10.6. The van der Waals surface area contributed by atoms with Crippen molar-refractivity contribution in [3.8, 4) is 51.0 Å². The maximum Gasteiger partial charge on any atom is 0.170 e. The lowest BCUT2D eigenvalue weighted by Crippen LogP contribution is -1.95. The molecule has 0 fully saturated rings. The second-order valence-electron chi connectivity index (χ2n) is 9.58. The van der Waals surface area contributed by atoms with Crippen molar-refractivity contribution in [3.05, 3.63) is 140 Å². The van der Waals surface area contributed by atoms with Crippen LogP contribution < -0.4 is 4.74 Å². The fourth-order valence-electron chi connectivity index (χ4n) is 4.70. The molecule has 0 aliphatic carbocycles. The molecule has 0 spiro atoms. The fraction of sp³-hybridized carbons (Fsp3) is 0.111. The van der Waals surface area contributed by atoms with Crippen LogP contribution in [0.1, 0.15) is 22.3 Å². The van der Waals surface area contributed by atoms with Crippen LogP contribution in [0, 0.1) is 0 Å². The Morgan fingerprint density at radius 2 is 1.05 bits per heavy atom. The second kappa shape index (κ2) is 12.7. The molecule has 0 aliphatic rings. The van der Waals surface area contributed by atoms with Crippen molar-refractivity contribution in [2.24, 2.45) is 0 Å². The molecule has 0 saturated heterocycles. The number of phenols is 3. The van der Waals surface area contributed by atoms with Crippen LogP contribution >= 0.6 is 0 Å². The lowest BCUT2D eigenvalue weighted by molar-refractivity contribution is 0.413. The van der Waals surface area contributed by atoms with Crippen LogP contribution in [0.25, 0.3) is 22.3 Å². The summed E-state index contributed by atoms with van der Waals surface area (Å²) in [6.07, 6.45) is 9.40. The summed E-state index contributed by atoms with van der Waals surface area (Å²) in [6, 6.07) is 20.3. The Kier molecular flexibility index (Phi) is 8.93. The van der Waals surface area contributed by atoms with E-state index in [2.05, 4.69) is 26.3 Å². The Morgan fingerprint density at radius 1 is 0.525 bits per heavy atom. The molecule has 0 saturated carbocycles. The number of ether oxygens (including phenoxy) is 1. The summed E-state index contributed by atoms with van der Waals surface area (Å²) in [5.41, 5.74) is 6.46. The molecular weight excluding hydrogens is 496 g/mol. The molecule has 0 atom stereocenters. The minimum absolute atomic E-state index is 0.0118. The molecule has 0 heterocycles. The van der Waals surface area contributed by atoms with E-state index in [1.165, 1.54) is 0 Å². The summed E-state index contributed by atoms with van der Waals surface area (Å²) in [5, 5.41) is 32.0. The highest BCUT2D eigenvalue weighted by atomic mass is 16.5. The van der Waals surface area contributed by atoms with Gasteiger partial charge in [0, 0.05) is 11.1 Å². The minimum atomic E-state index is -0.0118. The summed E-state index contributed by atoms with van der Waals surface area (Å²) in [5.74, 6) is 1.23. The van der Waals surface area contributed by atoms with Gasteiger partial charge in [-0.3, -0.25) is 0 Å². The van der Waals surface area contributed by atoms with E-state index in [1.54, 1.807) is 36.4 Å². The average Bonchev–Trinajstić information content (AvgIpc) is 2.94. The number of aromatic hydroxyl groups is 3. The predicted molar refractivity (Wildman–Crippen MR) is 164 cm³/mol. The van der Waals surface area contributed by atoms with E-state index in [9.17, 15) is 15.3 Å². The van der Waals surface area contributed by atoms with Crippen LogP contribution in [-0.4, -0.2) is 15.3 Å². The van der Waals surface area contributed by atoms with E-state index in [-0.39, 0.29) is 17.2 Å². The Hall–Kier alpha value is -4.96. The average molecular weight is 531 g/mol. The van der Waals surface area contributed by atoms with Gasteiger partial charge in [-0.2, -0.15) is 0 Å². The van der Waals surface area contributed by atoms with Crippen molar-refractivity contribution in [1.29, 1.82) is 0 Å². The first-order valence-corrected chi connectivity index (χ1v) is 13.1. The van der Waals surface area contributed by atoms with Crippen molar-refractivity contribution in [1.82, 2.24) is 0 Å². The molecule has 0 amide bonds. The molecule has 4 heteroatoms. The summed E-state index contributed by atoms with van der Waals surface area (Å²) >= 11 is 0. The highest BCUT2D eigenvalue weighted by molar-refractivity contribution is 5.77. The van der Waals surface area contributed by atoms with Crippen molar-refractivity contribution in [2.45, 2.75) is 25.7 Å². The van der Waals surface area contributed by atoms with Gasteiger partial charge in [0.25, 0.3) is 0 Å². The SMILES string of the molecule is C=CCc1ccc(Oc2cc(CC=C)cc(-c3ccc(O)c(CC=C)c3)c2O)c(-c2ccc(O)c(CC=C)c2)c1. The van der Waals surface area contributed by atoms with E-state index in [0.29, 0.717) is 48.3 Å². The van der Waals surface area contributed by atoms with Crippen LogP contribution in [-0.2, 0) is 25.7 Å². The molecule has 40 heavy (non-hydrogen) atoms. The van der Waals surface area contributed by atoms with E-state index < -0.39 is 0 Å². The fourth-order valence-corrected chi connectivity index (χ4v) is 4.70. The molecule has 4 rings (SSSR count). The Balaban J connectivity index is 1.86. The number of benzene rings is 4. The number of rotatable bonds is 12. The Labute approximate surface area is 236 Å². The van der Waals surface area contributed by atoms with Gasteiger partial charge in [-0.1, -0.05) is 42.5 Å². The molecule has 0 aromatic heterocycles. The van der Waals surface area contributed by atoms with Gasteiger partial charge < -0.3 is 20.1 Å². The van der Waals surface area contributed by atoms with Crippen LogP contribution in [0.5, 0.6) is 28.7 Å². The molecule has 0 bridgehead atoms. The summed E-state index contributed by atoms with van der Waals surface area (Å²) in [6.45, 7) is 15.3. The Morgan fingerprint density at radius 3 is 1.62 bits per heavy atom. The zero-order valence-electron chi connectivity index (χ0n) is 22.6. The van der Waals surface area contributed by atoms with Gasteiger partial charge in [0.1, 0.15) is 17.2 Å². The highest BCUT2D eigenvalue weighted by Crippen LogP contribution is 2.44. The van der Waals surface area contributed by atoms with Crippen LogP contribution in [0.4, 0.5) is 0 Å². The summed E-state index contributed by atoms with van der Waals surface area (Å²) in [7, 11) is 0. The van der Waals surface area contributed by atoms with Gasteiger partial charge in [-0.05, 0) is 108 Å². The van der Waals surface area contributed by atoms with Crippen LogP contribution in [0.2, 0.25) is 0 Å². The molecular formula is C36H34O4. The number of hydrogen-bond donors (Lipinski definition) is 3. The molecule has 4 nitrogen and oxygen atoms in total. The number of hydrogen-bond acceptors (Lipinski definition) is 4. The van der Waals surface area contributed by atoms with Gasteiger partial charge in [-0.15, -0.1) is 26.3 Å². The maximum atomic E-state index is 11.4. The third-order valence-electron chi connectivity index (χ3n) is 6.67. The first-order valence-electron chi connectivity index (χ1n) is 13.1. The number of phenolic OH excluding ortho intramolecular Hbond substituents is 3. The molecule has 0 radical (unpaired) electrons. The van der Waals surface area contributed by atoms with E-state index in [4.69, 9.17) is 4.74 Å². The first kappa shape index (κ1) is 28.1. The van der Waals surface area contributed by atoms with Crippen molar-refractivity contribution in [3.63, 3.8) is 0 Å². The largest absolute Gasteiger partial charge is 0.508 e. The van der Waals surface area contributed by atoms with E-state index >= 15 is 0 Å². The second-order valence-corrected chi connectivity index (χ2v) is 9.58. The molecule has 202 valence electrons. The third kappa shape index (κ3) is 6.19. The van der Waals surface area contributed by atoms with Crippen molar-refractivity contribution >= 4 is 0 Å². The summed E-state index contributed by atoms with van der Waals surface area (Å²) in [4.78, 5) is 0. The predicted octanol–water partition coefficient (Wildman–Crippen LogP) is 8.84. The van der Waals surface area contributed by atoms with Gasteiger partial charge >= 0.3 is 0 Å². The third-order valence-corrected chi connectivity index (χ3v) is 6.67. The van der Waals surface area contributed by atoms with Crippen LogP contribution in [0.3, 0.4) is 0 Å². The zero-order valence-corrected chi connectivity index (χ0v) is 22.6. The van der Waals surface area contributed by atoms with E-state index in [0.717, 1.165) is 33.4 Å². The zero-order chi connectivity index (χ0) is 28.6. The lowest BCUT2D eigenvalue weighted by Gasteiger charge is -2.18. The topological polar surface area (TPSA) is 69.9 Å². The Bertz CT molecular complexity index is 1580. The molecule has 0 aliphatic heterocycles. The van der Waals surface area contributed by atoms with Gasteiger partial charge in [0.05, 0.1) is 0 Å². The van der Waals surface area contributed by atoms with Crippen LogP contribution in [0.15, 0.2) is 117 Å². The first-order chi connectivity index (χ1) is 19.4. The van der Waals surface area contributed by atoms with Crippen molar-refractivity contribution in [2.75, 3.05) is 0 Å².